The van der Waals surface area contributed by atoms with Crippen molar-refractivity contribution in [3.63, 3.8) is 0 Å². The number of benzene rings is 2. The molecule has 2 aromatic carbocycles. The number of fused-ring (bicyclic) bond motifs is 1. The van der Waals surface area contributed by atoms with Gasteiger partial charge in [0.2, 0.25) is 6.79 Å². The van der Waals surface area contributed by atoms with Gasteiger partial charge in [-0.2, -0.15) is 0 Å². The van der Waals surface area contributed by atoms with Crippen molar-refractivity contribution >= 4 is 23.0 Å². The highest BCUT2D eigenvalue weighted by molar-refractivity contribution is 7.80. The second-order valence-corrected chi connectivity index (χ2v) is 5.37. The van der Waals surface area contributed by atoms with E-state index in [1.807, 2.05) is 48.5 Å². The molecule has 0 aliphatic carbocycles. The first-order chi connectivity index (χ1) is 11.2. The van der Waals surface area contributed by atoms with E-state index in [-0.39, 0.29) is 6.79 Å². The normalized spacial score (nSPS) is 11.7. The second-order valence-electron chi connectivity index (χ2n) is 4.96. The van der Waals surface area contributed by atoms with Crippen LogP contribution in [0.5, 0.6) is 11.5 Å². The molecule has 0 saturated carbocycles. The largest absolute Gasteiger partial charge is 0.454 e. The van der Waals surface area contributed by atoms with Crippen LogP contribution < -0.4 is 25.6 Å². The van der Waals surface area contributed by atoms with Crippen LogP contribution in [-0.2, 0) is 6.54 Å². The first-order valence-electron chi connectivity index (χ1n) is 7.15. The summed E-state index contributed by atoms with van der Waals surface area (Å²) in [4.78, 5) is 0. The van der Waals surface area contributed by atoms with E-state index in [1.54, 1.807) is 0 Å². The van der Waals surface area contributed by atoms with Crippen molar-refractivity contribution in [2.45, 2.75) is 6.54 Å². The number of hydrogen-bond acceptors (Lipinski definition) is 4. The lowest BCUT2D eigenvalue weighted by molar-refractivity contribution is 0.174. The molecule has 0 fully saturated rings. The Morgan fingerprint density at radius 1 is 1.04 bits per heavy atom. The molecule has 0 bridgehead atoms. The maximum Gasteiger partial charge on any atom is 0.231 e. The third kappa shape index (κ3) is 3.92. The Hall–Kier alpha value is -2.73. The van der Waals surface area contributed by atoms with Crippen molar-refractivity contribution in [2.75, 3.05) is 6.79 Å². The predicted octanol–water partition coefficient (Wildman–Crippen LogP) is 2.55. The van der Waals surface area contributed by atoms with Crippen molar-refractivity contribution in [1.82, 2.24) is 16.2 Å². The number of hydrogen-bond donors (Lipinski definition) is 3. The summed E-state index contributed by atoms with van der Waals surface area (Å²) in [5, 5.41) is 3.62. The van der Waals surface area contributed by atoms with E-state index >= 15 is 0 Å². The molecule has 5 nitrogen and oxygen atoms in total. The highest BCUT2D eigenvalue weighted by atomic mass is 32.1. The molecule has 1 aliphatic heterocycles. The van der Waals surface area contributed by atoms with Gasteiger partial charge < -0.3 is 14.8 Å². The molecule has 1 heterocycles. The summed E-state index contributed by atoms with van der Waals surface area (Å²) in [5.74, 6) is 1.46. The minimum atomic E-state index is 0.254. The smallest absolute Gasteiger partial charge is 0.231 e. The Morgan fingerprint density at radius 2 is 1.83 bits per heavy atom. The van der Waals surface area contributed by atoms with Gasteiger partial charge >= 0.3 is 0 Å². The van der Waals surface area contributed by atoms with Gasteiger partial charge in [-0.1, -0.05) is 36.9 Å². The van der Waals surface area contributed by atoms with Gasteiger partial charge in [0.15, 0.2) is 16.6 Å². The first-order valence-corrected chi connectivity index (χ1v) is 7.56. The van der Waals surface area contributed by atoms with Crippen LogP contribution in [0.4, 0.5) is 0 Å². The van der Waals surface area contributed by atoms with Crippen LogP contribution in [0.15, 0.2) is 55.1 Å². The van der Waals surface area contributed by atoms with Crippen LogP contribution >= 0.6 is 12.2 Å². The van der Waals surface area contributed by atoms with Crippen molar-refractivity contribution in [1.29, 1.82) is 0 Å². The predicted molar refractivity (Wildman–Crippen MR) is 93.8 cm³/mol. The van der Waals surface area contributed by atoms with Gasteiger partial charge in [-0.15, -0.1) is 0 Å². The Bertz CT molecular complexity index is 719. The molecular formula is C17H17N3O2S. The zero-order valence-electron chi connectivity index (χ0n) is 12.5. The highest BCUT2D eigenvalue weighted by Gasteiger charge is 2.14. The van der Waals surface area contributed by atoms with Crippen LogP contribution in [0.3, 0.4) is 0 Å². The van der Waals surface area contributed by atoms with E-state index in [9.17, 15) is 0 Å². The van der Waals surface area contributed by atoms with E-state index in [1.165, 1.54) is 0 Å². The molecule has 0 saturated heterocycles. The Labute approximate surface area is 140 Å². The fourth-order valence-electron chi connectivity index (χ4n) is 2.11. The van der Waals surface area contributed by atoms with Crippen LogP contribution in [0.1, 0.15) is 11.1 Å². The zero-order chi connectivity index (χ0) is 16.1. The number of ether oxygens (including phenoxy) is 2. The average molecular weight is 327 g/mol. The number of rotatable bonds is 5. The molecule has 1 aliphatic rings. The van der Waals surface area contributed by atoms with E-state index < -0.39 is 0 Å². The van der Waals surface area contributed by atoms with Gasteiger partial charge in [-0.05, 0) is 36.0 Å². The summed E-state index contributed by atoms with van der Waals surface area (Å²) >= 11 is 5.23. The molecule has 23 heavy (non-hydrogen) atoms. The molecule has 6 heteroatoms. The Kier molecular flexibility index (Phi) is 4.63. The van der Waals surface area contributed by atoms with Crippen LogP contribution in [0, 0.1) is 0 Å². The van der Waals surface area contributed by atoms with Crippen molar-refractivity contribution in [3.8, 4) is 11.5 Å². The molecule has 0 spiro atoms. The molecule has 0 aromatic heterocycles. The fourth-order valence-corrected chi connectivity index (χ4v) is 2.23. The van der Waals surface area contributed by atoms with Gasteiger partial charge in [0, 0.05) is 12.1 Å². The monoisotopic (exact) mass is 327 g/mol. The lowest BCUT2D eigenvalue weighted by Gasteiger charge is -2.14. The van der Waals surface area contributed by atoms with E-state index in [0.717, 1.165) is 22.6 Å². The lowest BCUT2D eigenvalue weighted by atomic mass is 10.1. The maximum atomic E-state index is 5.35. The minimum Gasteiger partial charge on any atom is -0.454 e. The van der Waals surface area contributed by atoms with Gasteiger partial charge in [0.25, 0.3) is 0 Å². The molecule has 118 valence electrons. The Balaban J connectivity index is 1.48. The summed E-state index contributed by atoms with van der Waals surface area (Å²) in [5.41, 5.74) is 8.64. The van der Waals surface area contributed by atoms with E-state index in [4.69, 9.17) is 21.7 Å². The highest BCUT2D eigenvalue weighted by Crippen LogP contribution is 2.33. The van der Waals surface area contributed by atoms with Gasteiger partial charge in [-0.25, -0.2) is 0 Å². The molecule has 0 unspecified atom stereocenters. The van der Waals surface area contributed by atoms with Gasteiger partial charge in [-0.3, -0.25) is 10.9 Å². The minimum absolute atomic E-state index is 0.254. The molecule has 3 rings (SSSR count). The van der Waals surface area contributed by atoms with Crippen LogP contribution in [-0.4, -0.2) is 11.9 Å². The summed E-state index contributed by atoms with van der Waals surface area (Å²) in [6.07, 6.45) is 0. The second kappa shape index (κ2) is 7.02. The number of nitrogens with one attached hydrogen (secondary N) is 3. The van der Waals surface area contributed by atoms with E-state index in [2.05, 4.69) is 22.7 Å². The van der Waals surface area contributed by atoms with Crippen molar-refractivity contribution < 1.29 is 9.47 Å². The van der Waals surface area contributed by atoms with Gasteiger partial charge in [0.05, 0.1) is 5.70 Å². The molecule has 3 N–H and O–H groups in total. The summed E-state index contributed by atoms with van der Waals surface area (Å²) in [7, 11) is 0. The third-order valence-corrected chi connectivity index (χ3v) is 3.59. The molecule has 0 atom stereocenters. The summed E-state index contributed by atoms with van der Waals surface area (Å²) in [6, 6.07) is 15.7. The molecule has 0 radical (unpaired) electrons. The van der Waals surface area contributed by atoms with Gasteiger partial charge in [0.1, 0.15) is 0 Å². The lowest BCUT2D eigenvalue weighted by Crippen LogP contribution is -2.42. The topological polar surface area (TPSA) is 54.5 Å². The average Bonchev–Trinajstić information content (AvgIpc) is 3.06. The maximum absolute atomic E-state index is 5.35. The molecule has 2 aromatic rings. The quantitative estimate of drug-likeness (QED) is 0.580. The Morgan fingerprint density at radius 3 is 2.65 bits per heavy atom. The zero-order valence-corrected chi connectivity index (χ0v) is 13.3. The number of hydrazine groups is 1. The SMILES string of the molecule is C=C(NNC(=S)NCc1ccccc1)c1ccc2c(c1)OCO2. The van der Waals surface area contributed by atoms with Crippen LogP contribution in [0.25, 0.3) is 5.70 Å². The fraction of sp³-hybridized carbons (Fsp3) is 0.118. The number of thiocarbonyl (C=S) groups is 1. The van der Waals surface area contributed by atoms with Crippen molar-refractivity contribution in [3.05, 3.63) is 66.2 Å². The van der Waals surface area contributed by atoms with E-state index in [0.29, 0.717) is 17.4 Å². The third-order valence-electron chi connectivity index (χ3n) is 3.34. The summed E-state index contributed by atoms with van der Waals surface area (Å²) in [6.45, 7) is 4.90. The first kappa shape index (κ1) is 15.2. The van der Waals surface area contributed by atoms with Crippen molar-refractivity contribution in [2.24, 2.45) is 0 Å². The standard InChI is InChI=1S/C17H17N3O2S/c1-12(14-7-8-15-16(9-14)22-11-21-15)19-20-17(23)18-10-13-5-3-2-4-6-13/h2-9,19H,1,10-11H2,(H2,18,20,23). The molecule has 0 amide bonds. The molecular weight excluding hydrogens is 310 g/mol. The van der Waals surface area contributed by atoms with Crippen LogP contribution in [0.2, 0.25) is 0 Å². The summed E-state index contributed by atoms with van der Waals surface area (Å²) < 4.78 is 10.6.